The van der Waals surface area contributed by atoms with Crippen LogP contribution < -0.4 is 14.8 Å². The van der Waals surface area contributed by atoms with Crippen molar-refractivity contribution in [1.29, 1.82) is 0 Å². The zero-order valence-corrected chi connectivity index (χ0v) is 19.9. The molecule has 1 saturated carbocycles. The van der Waals surface area contributed by atoms with Gasteiger partial charge in [-0.15, -0.1) is 11.8 Å². The largest absolute Gasteiger partial charge is 0.493 e. The first-order valence-corrected chi connectivity index (χ1v) is 12.0. The van der Waals surface area contributed by atoms with Crippen LogP contribution in [-0.2, 0) is 11.3 Å². The maximum atomic E-state index is 12.9. The van der Waals surface area contributed by atoms with Crippen LogP contribution in [0.3, 0.4) is 0 Å². The number of benzene rings is 2. The minimum atomic E-state index is -0.189. The molecule has 0 radical (unpaired) electrons. The molecule has 0 bridgehead atoms. The molecule has 0 spiro atoms. The van der Waals surface area contributed by atoms with Crippen molar-refractivity contribution in [3.63, 3.8) is 0 Å². The third-order valence-electron chi connectivity index (χ3n) is 5.92. The monoisotopic (exact) mass is 456 g/mol. The molecule has 1 N–H and O–H groups in total. The van der Waals surface area contributed by atoms with Crippen LogP contribution in [0.5, 0.6) is 11.5 Å². The van der Waals surface area contributed by atoms with E-state index in [-0.39, 0.29) is 11.8 Å². The second-order valence-electron chi connectivity index (χ2n) is 7.92. The van der Waals surface area contributed by atoms with Gasteiger partial charge < -0.3 is 19.7 Å². The van der Waals surface area contributed by atoms with Gasteiger partial charge in [-0.3, -0.25) is 9.59 Å². The maximum Gasteiger partial charge on any atom is 0.252 e. The molecule has 0 unspecified atom stereocenters. The van der Waals surface area contributed by atoms with Gasteiger partial charge in [-0.1, -0.05) is 43.5 Å². The van der Waals surface area contributed by atoms with Crippen LogP contribution in [0.2, 0.25) is 0 Å². The summed E-state index contributed by atoms with van der Waals surface area (Å²) in [6, 6.07) is 13.3. The van der Waals surface area contributed by atoms with Gasteiger partial charge in [0, 0.05) is 30.1 Å². The summed E-state index contributed by atoms with van der Waals surface area (Å²) in [6.07, 6.45) is 5.81. The van der Waals surface area contributed by atoms with Crippen LogP contribution >= 0.6 is 11.8 Å². The van der Waals surface area contributed by atoms with Gasteiger partial charge in [0.15, 0.2) is 11.5 Å². The average Bonchev–Trinajstić information content (AvgIpc) is 2.85. The highest BCUT2D eigenvalue weighted by Gasteiger charge is 2.22. The van der Waals surface area contributed by atoms with E-state index in [4.69, 9.17) is 9.47 Å². The number of para-hydroxylation sites is 1. The molecule has 2 amide bonds. The van der Waals surface area contributed by atoms with Gasteiger partial charge >= 0.3 is 0 Å². The Morgan fingerprint density at radius 2 is 1.78 bits per heavy atom. The van der Waals surface area contributed by atoms with E-state index < -0.39 is 0 Å². The number of thioether (sulfide) groups is 1. The number of methoxy groups -OCH3 is 2. The first-order valence-electron chi connectivity index (χ1n) is 11.0. The molecule has 1 aliphatic carbocycles. The molecule has 6 nitrogen and oxygen atoms in total. The fourth-order valence-electron chi connectivity index (χ4n) is 4.06. The van der Waals surface area contributed by atoms with E-state index in [1.165, 1.54) is 31.0 Å². The number of carbonyl (C=O) groups is 2. The molecule has 1 fully saturated rings. The predicted octanol–water partition coefficient (Wildman–Crippen LogP) is 4.52. The summed E-state index contributed by atoms with van der Waals surface area (Å²) in [7, 11) is 5.07. The summed E-state index contributed by atoms with van der Waals surface area (Å²) in [5.41, 5.74) is 1.39. The Hall–Kier alpha value is -2.67. The lowest BCUT2D eigenvalue weighted by molar-refractivity contribution is -0.129. The van der Waals surface area contributed by atoms with Crippen molar-refractivity contribution in [3.8, 4) is 11.5 Å². The zero-order valence-electron chi connectivity index (χ0n) is 19.1. The molecule has 7 heteroatoms. The first kappa shape index (κ1) is 24.0. The Kier molecular flexibility index (Phi) is 8.85. The summed E-state index contributed by atoms with van der Waals surface area (Å²) in [5.74, 6) is 1.47. The van der Waals surface area contributed by atoms with Crippen molar-refractivity contribution in [2.75, 3.05) is 27.0 Å². The second-order valence-corrected chi connectivity index (χ2v) is 8.93. The van der Waals surface area contributed by atoms with E-state index in [0.29, 0.717) is 35.4 Å². The topological polar surface area (TPSA) is 67.9 Å². The molecule has 0 atom stereocenters. The van der Waals surface area contributed by atoms with E-state index in [9.17, 15) is 9.59 Å². The summed E-state index contributed by atoms with van der Waals surface area (Å²) in [4.78, 5) is 28.3. The van der Waals surface area contributed by atoms with Crippen LogP contribution in [0.15, 0.2) is 47.4 Å². The number of amides is 2. The summed E-state index contributed by atoms with van der Waals surface area (Å²) < 4.78 is 10.8. The Morgan fingerprint density at radius 1 is 1.03 bits per heavy atom. The molecule has 2 aromatic carbocycles. The number of ether oxygens (including phenoxy) is 2. The predicted molar refractivity (Wildman–Crippen MR) is 128 cm³/mol. The Labute approximate surface area is 194 Å². The molecular weight excluding hydrogens is 424 g/mol. The smallest absolute Gasteiger partial charge is 0.252 e. The molecule has 172 valence electrons. The lowest BCUT2D eigenvalue weighted by atomic mass is 9.94. The molecule has 32 heavy (non-hydrogen) atoms. The molecule has 1 aliphatic rings. The van der Waals surface area contributed by atoms with E-state index in [2.05, 4.69) is 5.32 Å². The Morgan fingerprint density at radius 3 is 2.50 bits per heavy atom. The zero-order chi connectivity index (χ0) is 22.9. The lowest BCUT2D eigenvalue weighted by Crippen LogP contribution is -2.39. The van der Waals surface area contributed by atoms with Gasteiger partial charge in [0.1, 0.15) is 0 Å². The summed E-state index contributed by atoms with van der Waals surface area (Å²) in [6.45, 7) is 0.307. The Balaban J connectivity index is 1.62. The van der Waals surface area contributed by atoms with Crippen LogP contribution in [-0.4, -0.2) is 49.8 Å². The minimum absolute atomic E-state index is 0.109. The van der Waals surface area contributed by atoms with Crippen molar-refractivity contribution in [1.82, 2.24) is 10.2 Å². The number of nitrogens with zero attached hydrogens (tertiary/aromatic N) is 1. The molecule has 0 aromatic heterocycles. The van der Waals surface area contributed by atoms with Crippen molar-refractivity contribution in [2.45, 2.75) is 49.6 Å². The van der Waals surface area contributed by atoms with Crippen LogP contribution in [0, 0.1) is 0 Å². The molecule has 0 aliphatic heterocycles. The van der Waals surface area contributed by atoms with Gasteiger partial charge in [-0.25, -0.2) is 0 Å². The van der Waals surface area contributed by atoms with E-state index in [1.807, 2.05) is 48.3 Å². The molecule has 2 aromatic rings. The van der Waals surface area contributed by atoms with Crippen molar-refractivity contribution in [2.24, 2.45) is 0 Å². The van der Waals surface area contributed by atoms with Gasteiger partial charge in [0.2, 0.25) is 5.91 Å². The normalized spacial score (nSPS) is 14.0. The van der Waals surface area contributed by atoms with E-state index >= 15 is 0 Å². The van der Waals surface area contributed by atoms with Crippen LogP contribution in [0.25, 0.3) is 0 Å². The highest BCUT2D eigenvalue weighted by Crippen LogP contribution is 2.31. The van der Waals surface area contributed by atoms with Crippen molar-refractivity contribution in [3.05, 3.63) is 53.6 Å². The Bertz CT molecular complexity index is 928. The summed E-state index contributed by atoms with van der Waals surface area (Å²) >= 11 is 1.41. The van der Waals surface area contributed by atoms with Gasteiger partial charge in [0.05, 0.1) is 25.5 Å². The third-order valence-corrected chi connectivity index (χ3v) is 6.98. The van der Waals surface area contributed by atoms with Crippen LogP contribution in [0.1, 0.15) is 48.0 Å². The fraction of sp³-hybridized carbons (Fsp3) is 0.440. The fourth-order valence-corrected chi connectivity index (χ4v) is 5.03. The summed E-state index contributed by atoms with van der Waals surface area (Å²) in [5, 5.41) is 2.96. The number of hydrogen-bond donors (Lipinski definition) is 1. The SMILES string of the molecule is COc1cccc(CNC(=O)c2ccccc2SCC(=O)N(C)C2CCCCC2)c1OC. The first-order chi connectivity index (χ1) is 15.5. The molecular formula is C25H32N2O4S. The number of carbonyl (C=O) groups excluding carboxylic acids is 2. The standard InChI is InChI=1S/C25H32N2O4S/c1-27(19-11-5-4-6-12-19)23(28)17-32-22-15-8-7-13-20(22)25(29)26-16-18-10-9-14-21(30-2)24(18)31-3/h7-10,13-15,19H,4-6,11-12,16-17H2,1-3H3,(H,26,29). The number of rotatable bonds is 9. The maximum absolute atomic E-state index is 12.9. The lowest BCUT2D eigenvalue weighted by Gasteiger charge is -2.31. The average molecular weight is 457 g/mol. The highest BCUT2D eigenvalue weighted by molar-refractivity contribution is 8.00. The van der Waals surface area contributed by atoms with Gasteiger partial charge in [-0.2, -0.15) is 0 Å². The molecule has 3 rings (SSSR count). The van der Waals surface area contributed by atoms with Gasteiger partial charge in [-0.05, 0) is 31.0 Å². The van der Waals surface area contributed by atoms with Crippen LogP contribution in [0.4, 0.5) is 0 Å². The third kappa shape index (κ3) is 5.97. The highest BCUT2D eigenvalue weighted by atomic mass is 32.2. The molecule has 0 saturated heterocycles. The van der Waals surface area contributed by atoms with Gasteiger partial charge in [0.25, 0.3) is 5.91 Å². The number of nitrogens with one attached hydrogen (secondary N) is 1. The van der Waals surface area contributed by atoms with E-state index in [0.717, 1.165) is 23.3 Å². The van der Waals surface area contributed by atoms with Crippen molar-refractivity contribution < 1.29 is 19.1 Å². The number of hydrogen-bond acceptors (Lipinski definition) is 5. The van der Waals surface area contributed by atoms with E-state index in [1.54, 1.807) is 20.3 Å². The molecule has 0 heterocycles. The second kappa shape index (κ2) is 11.8. The van der Waals surface area contributed by atoms with Crippen molar-refractivity contribution >= 4 is 23.6 Å². The minimum Gasteiger partial charge on any atom is -0.493 e. The quantitative estimate of drug-likeness (QED) is 0.562.